The maximum absolute atomic E-state index is 13.5. The van der Waals surface area contributed by atoms with Crippen LogP contribution in [0.15, 0.2) is 41.2 Å². The minimum atomic E-state index is -0.385. The first-order chi connectivity index (χ1) is 8.72. The molecular formula is C14H15ClFNO. The first-order valence-corrected chi connectivity index (χ1v) is 6.28. The van der Waals surface area contributed by atoms with Crippen molar-refractivity contribution < 1.29 is 8.81 Å². The molecule has 0 aliphatic carbocycles. The normalized spacial score (nSPS) is 12.6. The van der Waals surface area contributed by atoms with E-state index in [0.29, 0.717) is 6.42 Å². The number of nitrogens with one attached hydrogen (secondary N) is 1. The molecule has 2 rings (SSSR count). The van der Waals surface area contributed by atoms with E-state index in [1.807, 2.05) is 19.1 Å². The molecule has 2 aromatic rings. The van der Waals surface area contributed by atoms with Crippen LogP contribution in [-0.2, 0) is 6.42 Å². The fraction of sp³-hybridized carbons (Fsp3) is 0.286. The van der Waals surface area contributed by atoms with Crippen molar-refractivity contribution in [2.45, 2.75) is 19.4 Å². The Morgan fingerprint density at radius 3 is 2.89 bits per heavy atom. The Kier molecular flexibility index (Phi) is 4.39. The summed E-state index contributed by atoms with van der Waals surface area (Å²) in [5.74, 6) is -0.385. The maximum Gasteiger partial charge on any atom is 0.142 e. The number of benzene rings is 1. The van der Waals surface area contributed by atoms with Crippen LogP contribution >= 0.6 is 11.6 Å². The van der Waals surface area contributed by atoms with Gasteiger partial charge in [0.1, 0.15) is 5.82 Å². The fourth-order valence-electron chi connectivity index (χ4n) is 1.97. The van der Waals surface area contributed by atoms with E-state index in [2.05, 4.69) is 5.32 Å². The third-order valence-corrected chi connectivity index (χ3v) is 3.23. The lowest BCUT2D eigenvalue weighted by atomic mass is 10.00. The first kappa shape index (κ1) is 13.1. The Hall–Kier alpha value is -1.32. The molecule has 0 spiro atoms. The van der Waals surface area contributed by atoms with Crippen LogP contribution in [0, 0.1) is 5.82 Å². The zero-order chi connectivity index (χ0) is 13.0. The molecule has 1 heterocycles. The largest absolute Gasteiger partial charge is 0.472 e. The minimum absolute atomic E-state index is 0.0178. The van der Waals surface area contributed by atoms with Crippen LogP contribution in [0.1, 0.15) is 24.1 Å². The minimum Gasteiger partial charge on any atom is -0.472 e. The van der Waals surface area contributed by atoms with Gasteiger partial charge in [0.15, 0.2) is 0 Å². The Morgan fingerprint density at radius 1 is 1.39 bits per heavy atom. The van der Waals surface area contributed by atoms with Gasteiger partial charge in [0.05, 0.1) is 17.5 Å². The number of halogens is 2. The summed E-state index contributed by atoms with van der Waals surface area (Å²) in [5, 5.41) is 3.50. The van der Waals surface area contributed by atoms with Gasteiger partial charge in [0.25, 0.3) is 0 Å². The number of hydrogen-bond acceptors (Lipinski definition) is 2. The molecule has 0 saturated carbocycles. The standard InChI is InChI=1S/C14H15ClFNO/c1-2-17-13(8-10-6-7-18-9-10)11-4-3-5-12(16)14(11)15/h3-7,9,13,17H,2,8H2,1H3. The highest BCUT2D eigenvalue weighted by Crippen LogP contribution is 2.28. The van der Waals surface area contributed by atoms with Crippen molar-refractivity contribution in [3.05, 3.63) is 58.8 Å². The fourth-order valence-corrected chi connectivity index (χ4v) is 2.23. The predicted octanol–water partition coefficient (Wildman–Crippen LogP) is 3.97. The van der Waals surface area contributed by atoms with Crippen molar-refractivity contribution in [2.75, 3.05) is 6.54 Å². The van der Waals surface area contributed by atoms with Crippen molar-refractivity contribution in [2.24, 2.45) is 0 Å². The van der Waals surface area contributed by atoms with Crippen LogP contribution in [0.5, 0.6) is 0 Å². The monoisotopic (exact) mass is 267 g/mol. The van der Waals surface area contributed by atoms with Gasteiger partial charge in [0.2, 0.25) is 0 Å². The average Bonchev–Trinajstić information content (AvgIpc) is 2.85. The second kappa shape index (κ2) is 6.03. The van der Waals surface area contributed by atoms with Crippen LogP contribution < -0.4 is 5.32 Å². The van der Waals surface area contributed by atoms with Gasteiger partial charge in [-0.05, 0) is 36.2 Å². The lowest BCUT2D eigenvalue weighted by Gasteiger charge is -2.19. The van der Waals surface area contributed by atoms with E-state index in [1.165, 1.54) is 6.07 Å². The topological polar surface area (TPSA) is 25.2 Å². The van der Waals surface area contributed by atoms with Gasteiger partial charge in [-0.1, -0.05) is 30.7 Å². The molecule has 1 aromatic carbocycles. The molecule has 0 amide bonds. The molecule has 0 bridgehead atoms. The average molecular weight is 268 g/mol. The van der Waals surface area contributed by atoms with E-state index in [4.69, 9.17) is 16.0 Å². The molecular weight excluding hydrogens is 253 g/mol. The summed E-state index contributed by atoms with van der Waals surface area (Å²) in [6, 6.07) is 6.77. The smallest absolute Gasteiger partial charge is 0.142 e. The van der Waals surface area contributed by atoms with Crippen LogP contribution in [0.4, 0.5) is 4.39 Å². The van der Waals surface area contributed by atoms with Gasteiger partial charge in [-0.2, -0.15) is 0 Å². The van der Waals surface area contributed by atoms with Gasteiger partial charge < -0.3 is 9.73 Å². The summed E-state index contributed by atoms with van der Waals surface area (Å²) in [6.45, 7) is 2.80. The lowest BCUT2D eigenvalue weighted by molar-refractivity contribution is 0.531. The van der Waals surface area contributed by atoms with E-state index in [9.17, 15) is 4.39 Å². The third kappa shape index (κ3) is 2.92. The Bertz CT molecular complexity index is 499. The molecule has 1 aromatic heterocycles. The zero-order valence-electron chi connectivity index (χ0n) is 10.1. The molecule has 1 N–H and O–H groups in total. The second-order valence-electron chi connectivity index (χ2n) is 4.09. The first-order valence-electron chi connectivity index (χ1n) is 5.90. The third-order valence-electron chi connectivity index (χ3n) is 2.83. The van der Waals surface area contributed by atoms with Crippen LogP contribution in [-0.4, -0.2) is 6.54 Å². The van der Waals surface area contributed by atoms with Crippen LogP contribution in [0.3, 0.4) is 0 Å². The summed E-state index contributed by atoms with van der Waals surface area (Å²) in [6.07, 6.45) is 4.04. The van der Waals surface area contributed by atoms with Crippen molar-refractivity contribution in [1.29, 1.82) is 0 Å². The molecule has 4 heteroatoms. The molecule has 0 radical (unpaired) electrons. The maximum atomic E-state index is 13.5. The highest BCUT2D eigenvalue weighted by atomic mass is 35.5. The molecule has 0 saturated heterocycles. The molecule has 0 aliphatic rings. The number of furan rings is 1. The number of rotatable bonds is 5. The highest BCUT2D eigenvalue weighted by molar-refractivity contribution is 6.31. The van der Waals surface area contributed by atoms with Crippen molar-refractivity contribution >= 4 is 11.6 Å². The quantitative estimate of drug-likeness (QED) is 0.887. The second-order valence-corrected chi connectivity index (χ2v) is 4.47. The van der Waals surface area contributed by atoms with E-state index in [-0.39, 0.29) is 16.9 Å². The molecule has 18 heavy (non-hydrogen) atoms. The summed E-state index contributed by atoms with van der Waals surface area (Å²) >= 11 is 6.03. The van der Waals surface area contributed by atoms with Gasteiger partial charge >= 0.3 is 0 Å². The highest BCUT2D eigenvalue weighted by Gasteiger charge is 2.17. The summed E-state index contributed by atoms with van der Waals surface area (Å²) in [7, 11) is 0. The van der Waals surface area contributed by atoms with Gasteiger partial charge in [-0.3, -0.25) is 0 Å². The van der Waals surface area contributed by atoms with E-state index < -0.39 is 0 Å². The Morgan fingerprint density at radius 2 is 2.22 bits per heavy atom. The summed E-state index contributed by atoms with van der Waals surface area (Å²) in [5.41, 5.74) is 1.83. The van der Waals surface area contributed by atoms with E-state index >= 15 is 0 Å². The van der Waals surface area contributed by atoms with Gasteiger partial charge in [-0.15, -0.1) is 0 Å². The van der Waals surface area contributed by atoms with Crippen molar-refractivity contribution in [3.8, 4) is 0 Å². The van der Waals surface area contributed by atoms with Gasteiger partial charge in [-0.25, -0.2) is 4.39 Å². The van der Waals surface area contributed by atoms with Crippen LogP contribution in [0.2, 0.25) is 5.02 Å². The number of likely N-dealkylation sites (N-methyl/N-ethyl adjacent to an activating group) is 1. The molecule has 0 fully saturated rings. The van der Waals surface area contributed by atoms with Crippen molar-refractivity contribution in [1.82, 2.24) is 5.32 Å². The van der Waals surface area contributed by atoms with Crippen LogP contribution in [0.25, 0.3) is 0 Å². The molecule has 0 aliphatic heterocycles. The SMILES string of the molecule is CCNC(Cc1ccoc1)c1cccc(F)c1Cl. The summed E-state index contributed by atoms with van der Waals surface area (Å²) < 4.78 is 18.5. The summed E-state index contributed by atoms with van der Waals surface area (Å²) in [4.78, 5) is 0. The van der Waals surface area contributed by atoms with E-state index in [1.54, 1.807) is 18.6 Å². The molecule has 1 atom stereocenters. The Balaban J connectivity index is 2.26. The molecule has 96 valence electrons. The number of hydrogen-bond donors (Lipinski definition) is 1. The van der Waals surface area contributed by atoms with E-state index in [0.717, 1.165) is 17.7 Å². The molecule has 2 nitrogen and oxygen atoms in total. The predicted molar refractivity (Wildman–Crippen MR) is 70.2 cm³/mol. The Labute approximate surface area is 111 Å². The lowest BCUT2D eigenvalue weighted by Crippen LogP contribution is -2.23. The zero-order valence-corrected chi connectivity index (χ0v) is 10.9. The van der Waals surface area contributed by atoms with Gasteiger partial charge in [0, 0.05) is 6.04 Å². The van der Waals surface area contributed by atoms with Crippen molar-refractivity contribution in [3.63, 3.8) is 0 Å². The molecule has 1 unspecified atom stereocenters.